The molecule has 3 amide bonds. The number of likely N-dealkylation sites (N-methyl/N-ethyl adjacent to an activating group) is 1. The van der Waals surface area contributed by atoms with Gasteiger partial charge in [0.2, 0.25) is 5.91 Å². The molecule has 216 valence electrons. The number of aryl methyl sites for hydroxylation is 1. The molecule has 3 rings (SSSR count). The summed E-state index contributed by atoms with van der Waals surface area (Å²) in [4.78, 5) is 55.3. The molecule has 10 heteroatoms. The molecule has 0 aliphatic carbocycles. The van der Waals surface area contributed by atoms with Gasteiger partial charge in [-0.05, 0) is 74.7 Å². The highest BCUT2D eigenvalue weighted by Crippen LogP contribution is 2.25. The molecule has 41 heavy (non-hydrogen) atoms. The number of amides is 3. The van der Waals surface area contributed by atoms with Crippen LogP contribution in [0.3, 0.4) is 0 Å². The SMILES string of the molecule is CN(C)C(=O)C(NC(=O)OC(C)(C)C)c1ccc(Oc2ccc(CCC(=O)NOC(=O)c3ccccc3)cc2)cc1. The molecular weight excluding hydrogens is 526 g/mol. The van der Waals surface area contributed by atoms with Gasteiger partial charge in [-0.15, -0.1) is 0 Å². The Bertz CT molecular complexity index is 1330. The van der Waals surface area contributed by atoms with E-state index in [0.29, 0.717) is 29.0 Å². The lowest BCUT2D eigenvalue weighted by atomic mass is 10.1. The van der Waals surface area contributed by atoms with Crippen molar-refractivity contribution in [1.82, 2.24) is 15.7 Å². The summed E-state index contributed by atoms with van der Waals surface area (Å²) in [5, 5.41) is 2.64. The van der Waals surface area contributed by atoms with Crippen LogP contribution in [0.25, 0.3) is 0 Å². The van der Waals surface area contributed by atoms with Crippen LogP contribution in [0.1, 0.15) is 54.7 Å². The van der Waals surface area contributed by atoms with Crippen molar-refractivity contribution in [3.05, 3.63) is 95.6 Å². The fourth-order valence-electron chi connectivity index (χ4n) is 3.61. The maximum Gasteiger partial charge on any atom is 0.408 e. The van der Waals surface area contributed by atoms with E-state index >= 15 is 0 Å². The molecule has 0 radical (unpaired) electrons. The molecule has 0 bridgehead atoms. The number of hydrogen-bond acceptors (Lipinski definition) is 7. The molecule has 0 fully saturated rings. The van der Waals surface area contributed by atoms with E-state index in [-0.39, 0.29) is 12.3 Å². The van der Waals surface area contributed by atoms with Crippen LogP contribution in [0, 0.1) is 0 Å². The molecule has 0 saturated carbocycles. The second kappa shape index (κ2) is 14.0. The number of ether oxygens (including phenoxy) is 2. The Balaban J connectivity index is 1.53. The first-order valence-electron chi connectivity index (χ1n) is 13.0. The van der Waals surface area contributed by atoms with Gasteiger partial charge in [0.05, 0.1) is 5.56 Å². The number of benzene rings is 3. The topological polar surface area (TPSA) is 123 Å². The first kappa shape index (κ1) is 30.7. The summed E-state index contributed by atoms with van der Waals surface area (Å²) in [5.74, 6) is -0.234. The monoisotopic (exact) mass is 561 g/mol. The molecule has 0 aromatic heterocycles. The van der Waals surface area contributed by atoms with Crippen LogP contribution in [0.2, 0.25) is 0 Å². The Morgan fingerprint density at radius 2 is 1.41 bits per heavy atom. The third-order valence-electron chi connectivity index (χ3n) is 5.63. The van der Waals surface area contributed by atoms with E-state index in [4.69, 9.17) is 14.3 Å². The minimum absolute atomic E-state index is 0.133. The number of nitrogens with zero attached hydrogens (tertiary/aromatic N) is 1. The van der Waals surface area contributed by atoms with Crippen molar-refractivity contribution in [2.45, 2.75) is 45.3 Å². The zero-order valence-corrected chi connectivity index (χ0v) is 23.8. The molecule has 0 heterocycles. The summed E-state index contributed by atoms with van der Waals surface area (Å²) in [7, 11) is 3.22. The van der Waals surface area contributed by atoms with Crippen molar-refractivity contribution in [3.63, 3.8) is 0 Å². The summed E-state index contributed by atoms with van der Waals surface area (Å²) < 4.78 is 11.2. The predicted octanol–water partition coefficient (Wildman–Crippen LogP) is 4.95. The van der Waals surface area contributed by atoms with Crippen LogP contribution in [0.5, 0.6) is 11.5 Å². The zero-order valence-electron chi connectivity index (χ0n) is 23.8. The smallest absolute Gasteiger partial charge is 0.408 e. The van der Waals surface area contributed by atoms with Crippen LogP contribution in [0.4, 0.5) is 4.79 Å². The highest BCUT2D eigenvalue weighted by atomic mass is 16.7. The first-order chi connectivity index (χ1) is 19.4. The van der Waals surface area contributed by atoms with Gasteiger partial charge in [-0.1, -0.05) is 42.5 Å². The summed E-state index contributed by atoms with van der Waals surface area (Å²) in [6.45, 7) is 5.24. The number of carbonyl (C=O) groups excluding carboxylic acids is 4. The third kappa shape index (κ3) is 9.99. The van der Waals surface area contributed by atoms with Crippen LogP contribution in [0.15, 0.2) is 78.9 Å². The number of hydroxylamine groups is 1. The molecule has 0 spiro atoms. The van der Waals surface area contributed by atoms with Crippen molar-refractivity contribution < 1.29 is 33.5 Å². The lowest BCUT2D eigenvalue weighted by molar-refractivity contribution is -0.131. The quantitative estimate of drug-likeness (QED) is 0.354. The molecule has 0 aliphatic heterocycles. The Morgan fingerprint density at radius 3 is 1.98 bits per heavy atom. The molecule has 3 aromatic rings. The summed E-state index contributed by atoms with van der Waals surface area (Å²) in [6, 6.07) is 21.5. The van der Waals surface area contributed by atoms with Gasteiger partial charge < -0.3 is 24.5 Å². The molecule has 10 nitrogen and oxygen atoms in total. The summed E-state index contributed by atoms with van der Waals surface area (Å²) in [5.41, 5.74) is 3.29. The van der Waals surface area contributed by atoms with E-state index in [9.17, 15) is 19.2 Å². The van der Waals surface area contributed by atoms with E-state index < -0.39 is 29.6 Å². The lowest BCUT2D eigenvalue weighted by Gasteiger charge is -2.25. The average molecular weight is 562 g/mol. The average Bonchev–Trinajstić information content (AvgIpc) is 2.94. The Kier molecular flexibility index (Phi) is 10.5. The Labute approximate surface area is 239 Å². The standard InChI is InChI=1S/C31H35N3O7/c1-31(2,3)40-30(38)32-27(28(36)34(4)5)22-14-18-25(19-15-22)39-24-16-11-21(12-17-24)13-20-26(35)33-41-29(37)23-9-7-6-8-10-23/h6-12,14-19,27H,13,20H2,1-5H3,(H,32,38)(H,33,35). The van der Waals surface area contributed by atoms with Gasteiger partial charge >= 0.3 is 12.1 Å². The summed E-state index contributed by atoms with van der Waals surface area (Å²) in [6.07, 6.45) is -0.118. The van der Waals surface area contributed by atoms with E-state index in [1.807, 2.05) is 12.1 Å². The molecule has 0 saturated heterocycles. The Hall–Kier alpha value is -4.86. The van der Waals surface area contributed by atoms with Crippen LogP contribution < -0.4 is 15.5 Å². The molecule has 2 N–H and O–H groups in total. The van der Waals surface area contributed by atoms with Crippen LogP contribution >= 0.6 is 0 Å². The normalized spacial score (nSPS) is 11.5. The van der Waals surface area contributed by atoms with Gasteiger partial charge in [0, 0.05) is 20.5 Å². The van der Waals surface area contributed by atoms with E-state index in [1.165, 1.54) is 4.90 Å². The maximum atomic E-state index is 12.8. The molecule has 1 unspecified atom stereocenters. The van der Waals surface area contributed by atoms with Gasteiger partial charge in [0.15, 0.2) is 0 Å². The second-order valence-corrected chi connectivity index (χ2v) is 10.4. The van der Waals surface area contributed by atoms with E-state index in [0.717, 1.165) is 5.56 Å². The van der Waals surface area contributed by atoms with Gasteiger partial charge in [-0.3, -0.25) is 9.59 Å². The predicted molar refractivity (Wildman–Crippen MR) is 152 cm³/mol. The van der Waals surface area contributed by atoms with Gasteiger partial charge in [0.25, 0.3) is 5.91 Å². The number of alkyl carbamates (subject to hydrolysis) is 1. The van der Waals surface area contributed by atoms with Crippen molar-refractivity contribution in [3.8, 4) is 11.5 Å². The fraction of sp³-hybridized carbons (Fsp3) is 0.290. The maximum absolute atomic E-state index is 12.8. The minimum Gasteiger partial charge on any atom is -0.457 e. The molecule has 1 atom stereocenters. The third-order valence-corrected chi connectivity index (χ3v) is 5.63. The number of rotatable bonds is 9. The van der Waals surface area contributed by atoms with E-state index in [1.54, 1.807) is 102 Å². The first-order valence-corrected chi connectivity index (χ1v) is 13.0. The molecule has 3 aromatic carbocycles. The minimum atomic E-state index is -0.924. The van der Waals surface area contributed by atoms with Crippen LogP contribution in [-0.4, -0.2) is 48.5 Å². The largest absolute Gasteiger partial charge is 0.457 e. The van der Waals surface area contributed by atoms with Crippen molar-refractivity contribution in [2.24, 2.45) is 0 Å². The number of nitrogens with one attached hydrogen (secondary N) is 2. The van der Waals surface area contributed by atoms with Crippen molar-refractivity contribution in [2.75, 3.05) is 14.1 Å². The zero-order chi connectivity index (χ0) is 30.0. The Morgan fingerprint density at radius 1 is 0.829 bits per heavy atom. The van der Waals surface area contributed by atoms with Crippen LogP contribution in [-0.2, 0) is 25.6 Å². The number of carbonyl (C=O) groups is 4. The van der Waals surface area contributed by atoms with Crippen molar-refractivity contribution in [1.29, 1.82) is 0 Å². The second-order valence-electron chi connectivity index (χ2n) is 10.4. The van der Waals surface area contributed by atoms with Gasteiger partial charge in [-0.25, -0.2) is 9.59 Å². The number of hydrogen-bond donors (Lipinski definition) is 2. The highest BCUT2D eigenvalue weighted by Gasteiger charge is 2.27. The van der Waals surface area contributed by atoms with E-state index in [2.05, 4.69) is 10.8 Å². The highest BCUT2D eigenvalue weighted by molar-refractivity contribution is 5.90. The van der Waals surface area contributed by atoms with Crippen molar-refractivity contribution >= 4 is 23.9 Å². The molecular formula is C31H35N3O7. The molecule has 0 aliphatic rings. The summed E-state index contributed by atoms with van der Waals surface area (Å²) >= 11 is 0. The van der Waals surface area contributed by atoms with Gasteiger partial charge in [0.1, 0.15) is 23.1 Å². The van der Waals surface area contributed by atoms with Gasteiger partial charge in [-0.2, -0.15) is 5.48 Å². The lowest BCUT2D eigenvalue weighted by Crippen LogP contribution is -2.42. The fourth-order valence-corrected chi connectivity index (χ4v) is 3.61.